The number of halogens is 3. The molecule has 0 saturated heterocycles. The van der Waals surface area contributed by atoms with Gasteiger partial charge in [-0.15, -0.1) is 0 Å². The molecule has 0 spiro atoms. The summed E-state index contributed by atoms with van der Waals surface area (Å²) in [4.78, 5) is 9.31. The lowest BCUT2D eigenvalue weighted by Gasteiger charge is -2.19. The van der Waals surface area contributed by atoms with Gasteiger partial charge in [0, 0.05) is 18.9 Å². The third kappa shape index (κ3) is 5.58. The molecule has 5 nitrogen and oxygen atoms in total. The molecule has 0 radical (unpaired) electrons. The van der Waals surface area contributed by atoms with Gasteiger partial charge >= 0.3 is 6.18 Å². The summed E-state index contributed by atoms with van der Waals surface area (Å²) in [6.45, 7) is 2.21. The van der Waals surface area contributed by atoms with E-state index in [0.717, 1.165) is 25.5 Å². The van der Waals surface area contributed by atoms with E-state index in [9.17, 15) is 13.2 Å². The van der Waals surface area contributed by atoms with E-state index in [2.05, 4.69) is 16.9 Å². The van der Waals surface area contributed by atoms with Crippen LogP contribution in [0.1, 0.15) is 43.7 Å². The largest absolute Gasteiger partial charge is 0.477 e. The van der Waals surface area contributed by atoms with E-state index in [4.69, 9.17) is 10.00 Å². The van der Waals surface area contributed by atoms with Gasteiger partial charge in [-0.05, 0) is 24.6 Å². The third-order valence-electron chi connectivity index (χ3n) is 3.95. The second kappa shape index (κ2) is 9.21. The van der Waals surface area contributed by atoms with Crippen molar-refractivity contribution in [1.82, 2.24) is 9.97 Å². The van der Waals surface area contributed by atoms with Crippen LogP contribution < -0.4 is 9.64 Å². The Hall–Kier alpha value is -2.82. The smallest absolute Gasteiger partial charge is 0.423 e. The van der Waals surface area contributed by atoms with Crippen LogP contribution in [0, 0.1) is 11.3 Å². The van der Waals surface area contributed by atoms with Crippen LogP contribution in [0.4, 0.5) is 24.8 Å². The average molecular weight is 378 g/mol. The second-order valence-electron chi connectivity index (χ2n) is 6.02. The molecule has 0 unspecified atom stereocenters. The number of benzene rings is 1. The van der Waals surface area contributed by atoms with E-state index in [1.54, 1.807) is 31.3 Å². The first-order chi connectivity index (χ1) is 12.9. The minimum atomic E-state index is -4.60. The Balaban J connectivity index is 2.26. The van der Waals surface area contributed by atoms with Crippen molar-refractivity contribution in [3.63, 3.8) is 0 Å². The van der Waals surface area contributed by atoms with Crippen molar-refractivity contribution >= 4 is 11.6 Å². The minimum absolute atomic E-state index is 0.0571. The lowest BCUT2D eigenvalue weighted by Crippen LogP contribution is -2.17. The molecule has 0 aliphatic rings. The Morgan fingerprint density at radius 1 is 1.22 bits per heavy atom. The summed E-state index contributed by atoms with van der Waals surface area (Å²) in [5, 5.41) is 9.00. The summed E-state index contributed by atoms with van der Waals surface area (Å²) in [7, 11) is 1.62. The molecule has 2 aromatic rings. The molecule has 2 rings (SSSR count). The van der Waals surface area contributed by atoms with E-state index < -0.39 is 17.6 Å². The van der Waals surface area contributed by atoms with Crippen LogP contribution in [-0.4, -0.2) is 23.6 Å². The van der Waals surface area contributed by atoms with Gasteiger partial charge in [-0.2, -0.15) is 23.4 Å². The lowest BCUT2D eigenvalue weighted by molar-refractivity contribution is -0.139. The van der Waals surface area contributed by atoms with Crippen molar-refractivity contribution in [3.05, 3.63) is 41.6 Å². The molecule has 1 aromatic carbocycles. The van der Waals surface area contributed by atoms with Gasteiger partial charge in [-0.1, -0.05) is 32.3 Å². The Labute approximate surface area is 156 Å². The molecule has 0 atom stereocenters. The van der Waals surface area contributed by atoms with Gasteiger partial charge in [0.25, 0.3) is 0 Å². The van der Waals surface area contributed by atoms with Gasteiger partial charge in [-0.3, -0.25) is 0 Å². The highest BCUT2D eigenvalue weighted by atomic mass is 19.4. The molecule has 0 N–H and O–H groups in total. The fourth-order valence-electron chi connectivity index (χ4n) is 2.42. The molecule has 0 aliphatic heterocycles. The van der Waals surface area contributed by atoms with Crippen molar-refractivity contribution in [2.75, 3.05) is 18.6 Å². The van der Waals surface area contributed by atoms with Crippen molar-refractivity contribution in [3.8, 4) is 11.9 Å². The summed E-state index contributed by atoms with van der Waals surface area (Å²) in [5.41, 5.74) is 0.0160. The highest BCUT2D eigenvalue weighted by molar-refractivity contribution is 5.59. The van der Waals surface area contributed by atoms with E-state index in [0.29, 0.717) is 17.7 Å². The van der Waals surface area contributed by atoms with Crippen LogP contribution in [0.25, 0.3) is 0 Å². The van der Waals surface area contributed by atoms with Crippen LogP contribution in [0.15, 0.2) is 30.5 Å². The molecule has 0 bridgehead atoms. The molecule has 1 heterocycles. The number of ether oxygens (including phenoxy) is 1. The summed E-state index contributed by atoms with van der Waals surface area (Å²) in [6.07, 6.45) is -0.299. The zero-order chi connectivity index (χ0) is 19.9. The molecule has 0 amide bonds. The monoisotopic (exact) mass is 378 g/mol. The normalized spacial score (nSPS) is 11.1. The van der Waals surface area contributed by atoms with Crippen molar-refractivity contribution < 1.29 is 17.9 Å². The Morgan fingerprint density at radius 3 is 2.67 bits per heavy atom. The fraction of sp³-hybridized carbons (Fsp3) is 0.421. The maximum absolute atomic E-state index is 13.2. The van der Waals surface area contributed by atoms with Crippen LogP contribution in [0.2, 0.25) is 0 Å². The lowest BCUT2D eigenvalue weighted by atomic mass is 10.2. The van der Waals surface area contributed by atoms with Gasteiger partial charge in [0.15, 0.2) is 0 Å². The van der Waals surface area contributed by atoms with Gasteiger partial charge in [0.05, 0.1) is 18.2 Å². The summed E-state index contributed by atoms with van der Waals surface area (Å²) in [5.74, 6) is -0.422. The van der Waals surface area contributed by atoms with Crippen LogP contribution in [-0.2, 0) is 6.18 Å². The second-order valence-corrected chi connectivity index (χ2v) is 6.02. The molecule has 0 saturated carbocycles. The predicted octanol–water partition coefficient (Wildman–Crippen LogP) is 5.09. The highest BCUT2D eigenvalue weighted by Gasteiger charge is 2.36. The van der Waals surface area contributed by atoms with E-state index >= 15 is 0 Å². The number of hydrogen-bond donors (Lipinski definition) is 0. The number of nitriles is 1. The topological polar surface area (TPSA) is 62.0 Å². The Kier molecular flexibility index (Phi) is 6.99. The van der Waals surface area contributed by atoms with Crippen molar-refractivity contribution in [2.24, 2.45) is 0 Å². The molecule has 1 aromatic heterocycles. The number of alkyl halides is 3. The molecular weight excluding hydrogens is 357 g/mol. The average Bonchev–Trinajstić information content (AvgIpc) is 2.66. The van der Waals surface area contributed by atoms with Crippen LogP contribution >= 0.6 is 0 Å². The summed E-state index contributed by atoms with van der Waals surface area (Å²) >= 11 is 0. The molecule has 8 heteroatoms. The minimum Gasteiger partial charge on any atom is -0.477 e. The first kappa shape index (κ1) is 20.5. The van der Waals surface area contributed by atoms with Crippen molar-refractivity contribution in [1.29, 1.82) is 5.26 Å². The fourth-order valence-corrected chi connectivity index (χ4v) is 2.42. The maximum atomic E-state index is 13.2. The van der Waals surface area contributed by atoms with Gasteiger partial charge < -0.3 is 9.64 Å². The van der Waals surface area contributed by atoms with E-state index in [1.807, 2.05) is 6.07 Å². The van der Waals surface area contributed by atoms with Crippen molar-refractivity contribution in [2.45, 2.75) is 38.8 Å². The molecule has 144 valence electrons. The SMILES string of the molecule is CCCCCCOc1nc(N(C)c2cccc(C#N)c2)ncc1C(F)(F)F. The van der Waals surface area contributed by atoms with Crippen LogP contribution in [0.5, 0.6) is 5.88 Å². The molecular formula is C19H21F3N4O. The number of rotatable bonds is 8. The standard InChI is InChI=1S/C19H21F3N4O/c1-3-4-5-6-10-27-17-16(19(20,21)22)13-24-18(25-17)26(2)15-9-7-8-14(11-15)12-23/h7-9,11,13H,3-6,10H2,1-2H3. The maximum Gasteiger partial charge on any atom is 0.423 e. The van der Waals surface area contributed by atoms with E-state index in [1.165, 1.54) is 4.90 Å². The number of anilines is 2. The van der Waals surface area contributed by atoms with Gasteiger partial charge in [-0.25, -0.2) is 4.98 Å². The summed E-state index contributed by atoms with van der Waals surface area (Å²) < 4.78 is 45.0. The Bertz CT molecular complexity index is 802. The number of aromatic nitrogens is 2. The third-order valence-corrected chi connectivity index (χ3v) is 3.95. The van der Waals surface area contributed by atoms with Crippen LogP contribution in [0.3, 0.4) is 0 Å². The van der Waals surface area contributed by atoms with Gasteiger partial charge in [0.1, 0.15) is 5.56 Å². The Morgan fingerprint density at radius 2 is 2.00 bits per heavy atom. The highest BCUT2D eigenvalue weighted by Crippen LogP contribution is 2.36. The number of unbranched alkanes of at least 4 members (excludes halogenated alkanes) is 3. The van der Waals surface area contributed by atoms with Gasteiger partial charge in [0.2, 0.25) is 11.8 Å². The summed E-state index contributed by atoms with van der Waals surface area (Å²) in [6, 6.07) is 8.65. The zero-order valence-electron chi connectivity index (χ0n) is 15.3. The quantitative estimate of drug-likeness (QED) is 0.599. The number of hydrogen-bond acceptors (Lipinski definition) is 5. The predicted molar refractivity (Wildman–Crippen MR) is 95.9 cm³/mol. The number of nitrogens with zero attached hydrogens (tertiary/aromatic N) is 4. The molecule has 0 aliphatic carbocycles. The zero-order valence-corrected chi connectivity index (χ0v) is 15.3. The molecule has 0 fully saturated rings. The first-order valence-corrected chi connectivity index (χ1v) is 8.67. The van der Waals surface area contributed by atoms with E-state index in [-0.39, 0.29) is 12.6 Å². The molecule has 27 heavy (non-hydrogen) atoms. The first-order valence-electron chi connectivity index (χ1n) is 8.67.